The van der Waals surface area contributed by atoms with Crippen molar-refractivity contribution >= 4 is 25.2 Å². The topological polar surface area (TPSA) is 35.5 Å². The van der Waals surface area contributed by atoms with E-state index in [1.54, 1.807) is 6.92 Å². The Morgan fingerprint density at radius 2 is 1.86 bits per heavy atom. The van der Waals surface area contributed by atoms with Crippen molar-refractivity contribution in [3.05, 3.63) is 30.3 Å². The van der Waals surface area contributed by atoms with E-state index in [4.69, 9.17) is 9.47 Å². The first kappa shape index (κ1) is 17.7. The molecule has 1 aliphatic heterocycles. The molecule has 0 saturated carbocycles. The van der Waals surface area contributed by atoms with Gasteiger partial charge in [0.15, 0.2) is 0 Å². The van der Waals surface area contributed by atoms with Crippen LogP contribution in [0, 0.1) is 0 Å². The van der Waals surface area contributed by atoms with Crippen molar-refractivity contribution in [2.24, 2.45) is 0 Å². The van der Waals surface area contributed by atoms with Crippen LogP contribution in [0.4, 0.5) is 0 Å². The predicted molar refractivity (Wildman–Crippen MR) is 89.6 cm³/mol. The summed E-state index contributed by atoms with van der Waals surface area (Å²) in [5.74, 6) is -0.211. The first-order valence-electron chi connectivity index (χ1n) is 7.99. The molecule has 1 saturated heterocycles. The molecular formula is C18H26O3Se. The van der Waals surface area contributed by atoms with Gasteiger partial charge >= 0.3 is 140 Å². The number of ketones is 1. The zero-order valence-corrected chi connectivity index (χ0v) is 15.6. The predicted octanol–water partition coefficient (Wildman–Crippen LogP) is 3.10. The van der Waals surface area contributed by atoms with Crippen LogP contribution >= 0.6 is 0 Å². The van der Waals surface area contributed by atoms with Crippen molar-refractivity contribution in [1.29, 1.82) is 0 Å². The number of rotatable bonds is 7. The number of ether oxygens (including phenoxy) is 2. The number of carbonyl (C=O) groups excluding carboxylic acids is 1. The van der Waals surface area contributed by atoms with Crippen LogP contribution in [0.5, 0.6) is 0 Å². The monoisotopic (exact) mass is 370 g/mol. The van der Waals surface area contributed by atoms with Crippen molar-refractivity contribution < 1.29 is 14.3 Å². The van der Waals surface area contributed by atoms with Crippen molar-refractivity contribution in [2.45, 2.75) is 69.8 Å². The van der Waals surface area contributed by atoms with Crippen LogP contribution in [0.1, 0.15) is 47.0 Å². The minimum absolute atomic E-state index is 0.105. The van der Waals surface area contributed by atoms with Gasteiger partial charge in [-0.1, -0.05) is 0 Å². The zero-order valence-electron chi connectivity index (χ0n) is 13.9. The van der Waals surface area contributed by atoms with E-state index in [0.29, 0.717) is 0 Å². The number of hydrogen-bond donors (Lipinski definition) is 0. The van der Waals surface area contributed by atoms with E-state index in [9.17, 15) is 4.79 Å². The average molecular weight is 369 g/mol. The first-order chi connectivity index (χ1) is 10.4. The molecule has 0 spiro atoms. The van der Waals surface area contributed by atoms with Crippen LogP contribution in [0.25, 0.3) is 0 Å². The van der Waals surface area contributed by atoms with E-state index in [1.807, 2.05) is 32.0 Å². The summed E-state index contributed by atoms with van der Waals surface area (Å²) in [7, 11) is 0. The molecular weight excluding hydrogens is 343 g/mol. The van der Waals surface area contributed by atoms with Gasteiger partial charge < -0.3 is 0 Å². The summed E-state index contributed by atoms with van der Waals surface area (Å²) >= 11 is 0.184. The second-order valence-electron chi connectivity index (χ2n) is 6.23. The fourth-order valence-corrected chi connectivity index (χ4v) is 5.05. The van der Waals surface area contributed by atoms with E-state index in [2.05, 4.69) is 19.1 Å². The van der Waals surface area contributed by atoms with Crippen LogP contribution in [-0.4, -0.2) is 38.7 Å². The van der Waals surface area contributed by atoms with Gasteiger partial charge in [-0.05, 0) is 0 Å². The van der Waals surface area contributed by atoms with Crippen molar-refractivity contribution in [3.63, 3.8) is 0 Å². The second kappa shape index (κ2) is 7.74. The summed E-state index contributed by atoms with van der Waals surface area (Å²) < 4.78 is 13.2. The third-order valence-electron chi connectivity index (χ3n) is 3.88. The molecule has 1 aliphatic rings. The zero-order chi connectivity index (χ0) is 16.2. The molecule has 1 aromatic carbocycles. The van der Waals surface area contributed by atoms with E-state index in [-0.39, 0.29) is 37.8 Å². The summed E-state index contributed by atoms with van der Waals surface area (Å²) in [5.41, 5.74) is 0. The fraction of sp³-hybridized carbons (Fsp3) is 0.611. The molecule has 3 nitrogen and oxygen atoms in total. The molecule has 0 bridgehead atoms. The third kappa shape index (κ3) is 4.92. The Morgan fingerprint density at radius 1 is 1.23 bits per heavy atom. The molecule has 2 rings (SSSR count). The van der Waals surface area contributed by atoms with Crippen LogP contribution in [0.15, 0.2) is 30.3 Å². The molecule has 0 radical (unpaired) electrons. The second-order valence-corrected chi connectivity index (χ2v) is 8.91. The average Bonchev–Trinajstić information content (AvgIpc) is 2.78. The number of carbonyl (C=O) groups is 1. The summed E-state index contributed by atoms with van der Waals surface area (Å²) in [6.07, 6.45) is 2.97. The maximum atomic E-state index is 12.0. The summed E-state index contributed by atoms with van der Waals surface area (Å²) in [6.45, 7) is 7.76. The van der Waals surface area contributed by atoms with E-state index in [0.717, 1.165) is 19.3 Å². The van der Waals surface area contributed by atoms with Gasteiger partial charge in [-0.3, -0.25) is 0 Å². The van der Waals surface area contributed by atoms with Crippen LogP contribution in [0.3, 0.4) is 0 Å². The van der Waals surface area contributed by atoms with Gasteiger partial charge in [0.2, 0.25) is 0 Å². The normalized spacial score (nSPS) is 25.1. The Kier molecular flexibility index (Phi) is 6.22. The molecule has 0 aliphatic carbocycles. The van der Waals surface area contributed by atoms with Crippen molar-refractivity contribution in [3.8, 4) is 0 Å². The molecule has 0 N–H and O–H groups in total. The molecule has 0 aromatic heterocycles. The van der Waals surface area contributed by atoms with Crippen LogP contribution in [-0.2, 0) is 14.3 Å². The Morgan fingerprint density at radius 3 is 2.45 bits per heavy atom. The fourth-order valence-electron chi connectivity index (χ4n) is 2.82. The molecule has 22 heavy (non-hydrogen) atoms. The third-order valence-corrected chi connectivity index (χ3v) is 6.81. The number of benzene rings is 1. The van der Waals surface area contributed by atoms with Gasteiger partial charge in [0.25, 0.3) is 0 Å². The molecule has 4 heteroatoms. The first-order valence-corrected chi connectivity index (χ1v) is 9.83. The summed E-state index contributed by atoms with van der Waals surface area (Å²) in [5, 5.41) is 0. The Hall–Kier alpha value is -0.671. The van der Waals surface area contributed by atoms with Crippen LogP contribution < -0.4 is 4.46 Å². The van der Waals surface area contributed by atoms with Gasteiger partial charge in [-0.2, -0.15) is 0 Å². The molecule has 0 amide bonds. The molecule has 0 unspecified atom stereocenters. The van der Waals surface area contributed by atoms with Gasteiger partial charge in [0, 0.05) is 0 Å². The Bertz CT molecular complexity index is 486. The summed E-state index contributed by atoms with van der Waals surface area (Å²) in [4.78, 5) is 12.1. The van der Waals surface area contributed by atoms with Crippen LogP contribution in [0.2, 0.25) is 4.82 Å². The van der Waals surface area contributed by atoms with Gasteiger partial charge in [-0.25, -0.2) is 0 Å². The maximum absolute atomic E-state index is 12.0. The molecule has 1 aromatic rings. The number of hydrogen-bond acceptors (Lipinski definition) is 3. The molecule has 122 valence electrons. The molecule has 1 fully saturated rings. The van der Waals surface area contributed by atoms with Gasteiger partial charge in [0.05, 0.1) is 0 Å². The SMILES string of the molecule is CC[C@H]1OC(C)(C)O[C@@H]1CC[C@@H]([Se]c1ccccc1)C(C)=O. The van der Waals surface area contributed by atoms with Crippen molar-refractivity contribution in [1.82, 2.24) is 0 Å². The molecule has 3 atom stereocenters. The quantitative estimate of drug-likeness (QED) is 0.693. The Balaban J connectivity index is 1.93. The van der Waals surface area contributed by atoms with Gasteiger partial charge in [0.1, 0.15) is 0 Å². The Labute approximate surface area is 139 Å². The summed E-state index contributed by atoms with van der Waals surface area (Å²) in [6, 6.07) is 10.3. The van der Waals surface area contributed by atoms with E-state index < -0.39 is 5.79 Å². The molecule has 1 heterocycles. The van der Waals surface area contributed by atoms with E-state index in [1.165, 1.54) is 4.46 Å². The minimum atomic E-state index is -0.498. The standard InChI is InChI=1S/C18H26O3Se/c1-5-15-16(21-18(3,4)20-15)11-12-17(13(2)19)22-14-9-7-6-8-10-14/h6-10,15-17H,5,11-12H2,1-4H3/t15-,16-,17-/m1/s1. The van der Waals surface area contributed by atoms with Gasteiger partial charge in [-0.15, -0.1) is 0 Å². The number of Topliss-reactive ketones (excluding diaryl/α,β-unsaturated/α-hetero) is 1. The van der Waals surface area contributed by atoms with E-state index >= 15 is 0 Å². The van der Waals surface area contributed by atoms with Crippen molar-refractivity contribution in [2.75, 3.05) is 0 Å².